The highest BCUT2D eigenvalue weighted by molar-refractivity contribution is 5.89. The molecule has 33 heavy (non-hydrogen) atoms. The Morgan fingerprint density at radius 1 is 0.970 bits per heavy atom. The number of hydrogen-bond donors (Lipinski definition) is 2. The second kappa shape index (κ2) is 10.6. The fraction of sp³-hybridized carbons (Fsp3) is 0.231. The molecule has 7 heteroatoms. The number of rotatable bonds is 8. The highest BCUT2D eigenvalue weighted by atomic mass is 19.1. The molecule has 1 saturated heterocycles. The van der Waals surface area contributed by atoms with E-state index in [2.05, 4.69) is 10.6 Å². The van der Waals surface area contributed by atoms with Crippen LogP contribution >= 0.6 is 0 Å². The Bertz CT molecular complexity index is 1140. The number of benzene rings is 3. The average molecular weight is 448 g/mol. The first-order valence-electron chi connectivity index (χ1n) is 10.9. The molecule has 1 fully saturated rings. The summed E-state index contributed by atoms with van der Waals surface area (Å²) in [5, 5.41) is 5.64. The molecule has 1 heterocycles. The molecule has 0 spiro atoms. The molecule has 1 aliphatic rings. The number of ether oxygens (including phenoxy) is 1. The Labute approximate surface area is 192 Å². The van der Waals surface area contributed by atoms with Gasteiger partial charge in [-0.2, -0.15) is 0 Å². The molecule has 0 aromatic heterocycles. The lowest BCUT2D eigenvalue weighted by Crippen LogP contribution is -2.28. The minimum absolute atomic E-state index is 0.194. The maximum absolute atomic E-state index is 13.3. The number of urea groups is 1. The van der Waals surface area contributed by atoms with E-state index >= 15 is 0 Å². The quantitative estimate of drug-likeness (QED) is 0.519. The van der Waals surface area contributed by atoms with Crippen molar-refractivity contribution in [3.05, 3.63) is 95.3 Å². The Morgan fingerprint density at radius 3 is 2.58 bits per heavy atom. The van der Waals surface area contributed by atoms with Crippen LogP contribution in [0.15, 0.2) is 72.8 Å². The fourth-order valence-electron chi connectivity index (χ4n) is 3.74. The summed E-state index contributed by atoms with van der Waals surface area (Å²) in [5.74, 6) is 0.458. The van der Waals surface area contributed by atoms with Crippen LogP contribution in [0.2, 0.25) is 0 Å². The van der Waals surface area contributed by atoms with Crippen LogP contribution in [0.4, 0.5) is 14.9 Å². The van der Waals surface area contributed by atoms with E-state index in [1.165, 1.54) is 12.1 Å². The lowest BCUT2D eigenvalue weighted by Gasteiger charge is -2.16. The second-order valence-electron chi connectivity index (χ2n) is 7.99. The van der Waals surface area contributed by atoms with E-state index in [1.807, 2.05) is 29.2 Å². The zero-order valence-corrected chi connectivity index (χ0v) is 18.2. The number of hydrogen-bond acceptors (Lipinski definition) is 3. The van der Waals surface area contributed by atoms with Gasteiger partial charge in [-0.15, -0.1) is 0 Å². The first kappa shape index (κ1) is 22.3. The number of anilines is 1. The number of carbonyl (C=O) groups excluding carboxylic acids is 2. The maximum Gasteiger partial charge on any atom is 0.319 e. The monoisotopic (exact) mass is 447 g/mol. The fourth-order valence-corrected chi connectivity index (χ4v) is 3.74. The van der Waals surface area contributed by atoms with Crippen LogP contribution in [-0.2, 0) is 24.5 Å². The molecule has 4 rings (SSSR count). The number of likely N-dealkylation sites (tertiary alicyclic amines) is 1. The van der Waals surface area contributed by atoms with Gasteiger partial charge in [-0.05, 0) is 47.4 Å². The van der Waals surface area contributed by atoms with Gasteiger partial charge in [0.2, 0.25) is 5.91 Å². The van der Waals surface area contributed by atoms with Crippen molar-refractivity contribution in [3.63, 3.8) is 0 Å². The van der Waals surface area contributed by atoms with Crippen molar-refractivity contribution < 1.29 is 18.7 Å². The van der Waals surface area contributed by atoms with Crippen molar-refractivity contribution in [1.29, 1.82) is 0 Å². The molecule has 1 aliphatic heterocycles. The smallest absolute Gasteiger partial charge is 0.319 e. The second-order valence-corrected chi connectivity index (χ2v) is 7.99. The summed E-state index contributed by atoms with van der Waals surface area (Å²) in [5.41, 5.74) is 3.32. The van der Waals surface area contributed by atoms with Crippen LogP contribution in [0.1, 0.15) is 29.5 Å². The van der Waals surface area contributed by atoms with Crippen molar-refractivity contribution >= 4 is 17.6 Å². The van der Waals surface area contributed by atoms with E-state index in [0.717, 1.165) is 29.7 Å². The van der Waals surface area contributed by atoms with Gasteiger partial charge in [-0.25, -0.2) is 9.18 Å². The van der Waals surface area contributed by atoms with Gasteiger partial charge in [-0.1, -0.05) is 42.5 Å². The third-order valence-electron chi connectivity index (χ3n) is 5.38. The van der Waals surface area contributed by atoms with Crippen molar-refractivity contribution in [3.8, 4) is 5.75 Å². The van der Waals surface area contributed by atoms with Crippen LogP contribution in [0.25, 0.3) is 0 Å². The molecule has 0 saturated carbocycles. The highest BCUT2D eigenvalue weighted by Gasteiger charge is 2.19. The molecule has 0 atom stereocenters. The van der Waals surface area contributed by atoms with Gasteiger partial charge in [0.05, 0.1) is 0 Å². The van der Waals surface area contributed by atoms with E-state index in [0.29, 0.717) is 30.9 Å². The van der Waals surface area contributed by atoms with Crippen molar-refractivity contribution in [1.82, 2.24) is 10.2 Å². The summed E-state index contributed by atoms with van der Waals surface area (Å²) in [6.07, 6.45) is 1.54. The van der Waals surface area contributed by atoms with E-state index < -0.39 is 0 Å². The van der Waals surface area contributed by atoms with Gasteiger partial charge < -0.3 is 20.3 Å². The highest BCUT2D eigenvalue weighted by Crippen LogP contribution is 2.19. The maximum atomic E-state index is 13.3. The summed E-state index contributed by atoms with van der Waals surface area (Å²) in [4.78, 5) is 26.1. The lowest BCUT2D eigenvalue weighted by atomic mass is 10.1. The molecule has 0 radical (unpaired) electrons. The SMILES string of the molecule is O=C(NCc1cccc(CN2CCCC2=O)c1)Nc1cccc(OCc2cccc(F)c2)c1. The third-order valence-corrected chi connectivity index (χ3v) is 5.38. The predicted octanol–water partition coefficient (Wildman–Crippen LogP) is 4.85. The molecule has 170 valence electrons. The normalized spacial score (nSPS) is 13.1. The first-order valence-corrected chi connectivity index (χ1v) is 10.9. The first-order chi connectivity index (χ1) is 16.0. The Hall–Kier alpha value is -3.87. The van der Waals surface area contributed by atoms with Gasteiger partial charge in [-0.3, -0.25) is 4.79 Å². The molecule has 2 N–H and O–H groups in total. The molecular weight excluding hydrogens is 421 g/mol. The van der Waals surface area contributed by atoms with E-state index in [4.69, 9.17) is 4.74 Å². The molecular formula is C26H26FN3O3. The molecule has 3 aromatic rings. The van der Waals surface area contributed by atoms with Gasteiger partial charge in [0, 0.05) is 37.8 Å². The van der Waals surface area contributed by atoms with E-state index in [-0.39, 0.29) is 24.4 Å². The zero-order chi connectivity index (χ0) is 23.0. The molecule has 0 bridgehead atoms. The lowest BCUT2D eigenvalue weighted by molar-refractivity contribution is -0.128. The number of halogens is 1. The molecule has 0 unspecified atom stereocenters. The summed E-state index contributed by atoms with van der Waals surface area (Å²) in [7, 11) is 0. The minimum Gasteiger partial charge on any atom is -0.489 e. The molecule has 3 amide bonds. The standard InChI is InChI=1S/C26H26FN3O3/c27-22-8-2-7-21(14-22)18-33-24-10-3-9-23(15-24)29-26(32)28-16-19-5-1-6-20(13-19)17-30-12-4-11-25(30)31/h1-3,5-10,13-15H,4,11-12,16-18H2,(H2,28,29,32). The van der Waals surface area contributed by atoms with Gasteiger partial charge in [0.1, 0.15) is 18.2 Å². The number of carbonyl (C=O) groups is 2. The van der Waals surface area contributed by atoms with Crippen LogP contribution in [0.5, 0.6) is 5.75 Å². The predicted molar refractivity (Wildman–Crippen MR) is 124 cm³/mol. The summed E-state index contributed by atoms with van der Waals surface area (Å²) < 4.78 is 19.0. The van der Waals surface area contributed by atoms with E-state index in [9.17, 15) is 14.0 Å². The summed E-state index contributed by atoms with van der Waals surface area (Å²) in [6, 6.07) is 20.8. The van der Waals surface area contributed by atoms with Crippen molar-refractivity contribution in [2.24, 2.45) is 0 Å². The Balaban J connectivity index is 1.27. The van der Waals surface area contributed by atoms with Crippen LogP contribution in [0.3, 0.4) is 0 Å². The number of nitrogens with one attached hydrogen (secondary N) is 2. The summed E-state index contributed by atoms with van der Waals surface area (Å²) >= 11 is 0. The molecule has 3 aromatic carbocycles. The van der Waals surface area contributed by atoms with Crippen LogP contribution < -0.4 is 15.4 Å². The topological polar surface area (TPSA) is 70.7 Å². The average Bonchev–Trinajstić information content (AvgIpc) is 3.21. The van der Waals surface area contributed by atoms with Crippen LogP contribution in [-0.4, -0.2) is 23.4 Å². The Kier molecular flexibility index (Phi) is 7.19. The Morgan fingerprint density at radius 2 is 1.76 bits per heavy atom. The van der Waals surface area contributed by atoms with Gasteiger partial charge >= 0.3 is 6.03 Å². The third kappa shape index (κ3) is 6.55. The largest absolute Gasteiger partial charge is 0.489 e. The zero-order valence-electron chi connectivity index (χ0n) is 18.2. The van der Waals surface area contributed by atoms with Gasteiger partial charge in [0.25, 0.3) is 0 Å². The minimum atomic E-state index is -0.336. The van der Waals surface area contributed by atoms with Gasteiger partial charge in [0.15, 0.2) is 0 Å². The number of amides is 3. The molecule has 6 nitrogen and oxygen atoms in total. The van der Waals surface area contributed by atoms with Crippen LogP contribution in [0, 0.1) is 5.82 Å². The molecule has 0 aliphatic carbocycles. The van der Waals surface area contributed by atoms with Crippen molar-refractivity contribution in [2.75, 3.05) is 11.9 Å². The van der Waals surface area contributed by atoms with E-state index in [1.54, 1.807) is 36.4 Å². The number of nitrogens with zero attached hydrogens (tertiary/aromatic N) is 1. The summed E-state index contributed by atoms with van der Waals surface area (Å²) in [6.45, 7) is 1.99. The van der Waals surface area contributed by atoms with Crippen molar-refractivity contribution in [2.45, 2.75) is 32.5 Å².